The van der Waals surface area contributed by atoms with Crippen molar-refractivity contribution in [2.24, 2.45) is 5.10 Å². The van der Waals surface area contributed by atoms with Gasteiger partial charge in [0.2, 0.25) is 11.8 Å². The molecule has 3 heterocycles. The lowest BCUT2D eigenvalue weighted by Gasteiger charge is -2.24. The lowest BCUT2D eigenvalue weighted by molar-refractivity contribution is -0.121. The van der Waals surface area contributed by atoms with E-state index < -0.39 is 5.25 Å². The minimum atomic E-state index is -0.646. The van der Waals surface area contributed by atoms with E-state index in [0.717, 1.165) is 38.0 Å². The van der Waals surface area contributed by atoms with Crippen molar-refractivity contribution in [2.75, 3.05) is 4.90 Å². The van der Waals surface area contributed by atoms with Crippen LogP contribution in [-0.4, -0.2) is 33.0 Å². The number of carbonyl (C=O) groups is 2. The van der Waals surface area contributed by atoms with E-state index in [1.165, 1.54) is 4.90 Å². The third kappa shape index (κ3) is 4.47. The summed E-state index contributed by atoms with van der Waals surface area (Å²) in [6.45, 7) is 1.93. The van der Waals surface area contributed by atoms with Gasteiger partial charge in [-0.05, 0) is 53.8 Å². The number of hydrazone groups is 1. The van der Waals surface area contributed by atoms with Crippen LogP contribution in [0.2, 0.25) is 0 Å². The molecule has 5 rings (SSSR count). The normalized spacial score (nSPS) is 20.2. The van der Waals surface area contributed by atoms with Crippen LogP contribution in [0.4, 0.5) is 5.69 Å². The number of hydrogen-bond acceptors (Lipinski definition) is 6. The van der Waals surface area contributed by atoms with Crippen molar-refractivity contribution in [3.05, 3.63) is 86.5 Å². The Balaban J connectivity index is 1.38. The summed E-state index contributed by atoms with van der Waals surface area (Å²) in [5, 5.41) is 16.8. The summed E-state index contributed by atoms with van der Waals surface area (Å²) < 4.78 is 0.982. The van der Waals surface area contributed by atoms with Crippen LogP contribution in [0.15, 0.2) is 75.6 Å². The molecule has 0 radical (unpaired) electrons. The van der Waals surface area contributed by atoms with Gasteiger partial charge in [0.1, 0.15) is 5.25 Å². The minimum absolute atomic E-state index is 0.0676. The maximum absolute atomic E-state index is 13.1. The quantitative estimate of drug-likeness (QED) is 0.245. The summed E-state index contributed by atoms with van der Waals surface area (Å²) >= 11 is 6.20. The summed E-state index contributed by atoms with van der Waals surface area (Å²) in [6.07, 6.45) is 0.732. The van der Waals surface area contributed by atoms with Crippen molar-refractivity contribution >= 4 is 67.4 Å². The van der Waals surface area contributed by atoms with Crippen LogP contribution in [0.5, 0.6) is 0 Å². The topological polar surface area (TPSA) is 76.8 Å². The highest BCUT2D eigenvalue weighted by Gasteiger charge is 2.42. The number of thioether (sulfide) groups is 1. The van der Waals surface area contributed by atoms with Gasteiger partial charge in [-0.2, -0.15) is 5.10 Å². The highest BCUT2D eigenvalue weighted by Crippen LogP contribution is 2.38. The minimum Gasteiger partial charge on any atom is -0.277 e. The first-order valence-electron chi connectivity index (χ1n) is 10.8. The molecule has 1 aromatic heterocycles. The van der Waals surface area contributed by atoms with E-state index in [4.69, 9.17) is 10.5 Å². The van der Waals surface area contributed by atoms with Gasteiger partial charge < -0.3 is 0 Å². The van der Waals surface area contributed by atoms with E-state index in [9.17, 15) is 9.59 Å². The molecule has 3 aromatic rings. The lowest BCUT2D eigenvalue weighted by Crippen LogP contribution is -2.32. The van der Waals surface area contributed by atoms with E-state index in [1.54, 1.807) is 22.4 Å². The molecule has 0 spiro atoms. The van der Waals surface area contributed by atoms with Crippen molar-refractivity contribution in [1.82, 2.24) is 5.01 Å². The zero-order chi connectivity index (χ0) is 23.8. The molecule has 0 aliphatic carbocycles. The van der Waals surface area contributed by atoms with Crippen molar-refractivity contribution < 1.29 is 9.59 Å². The van der Waals surface area contributed by atoms with E-state index in [1.807, 2.05) is 66.9 Å². The summed E-state index contributed by atoms with van der Waals surface area (Å²) in [4.78, 5) is 28.2. The van der Waals surface area contributed by atoms with Gasteiger partial charge in [-0.1, -0.05) is 58.0 Å². The largest absolute Gasteiger partial charge is 0.277 e. The van der Waals surface area contributed by atoms with Gasteiger partial charge in [0, 0.05) is 17.3 Å². The molecule has 0 unspecified atom stereocenters. The number of anilines is 1. The molecule has 6 nitrogen and oxygen atoms in total. The molecule has 34 heavy (non-hydrogen) atoms. The van der Waals surface area contributed by atoms with Crippen LogP contribution >= 0.6 is 39.0 Å². The fraction of sp³-hybridized carbons (Fsp3) is 0.200. The number of aryl methyl sites for hydroxylation is 1. The van der Waals surface area contributed by atoms with E-state index >= 15 is 0 Å². The Labute approximate surface area is 214 Å². The van der Waals surface area contributed by atoms with Gasteiger partial charge in [0.25, 0.3) is 0 Å². The average Bonchev–Trinajstić information content (AvgIpc) is 3.54. The van der Waals surface area contributed by atoms with Crippen molar-refractivity contribution in [1.29, 1.82) is 5.41 Å². The van der Waals surface area contributed by atoms with Crippen LogP contribution in [0.1, 0.15) is 34.9 Å². The molecule has 2 atom stereocenters. The van der Waals surface area contributed by atoms with Crippen molar-refractivity contribution in [2.45, 2.75) is 31.1 Å². The molecule has 9 heteroatoms. The van der Waals surface area contributed by atoms with E-state index in [2.05, 4.69) is 15.9 Å². The standard InChI is InChI=1S/C25H21BrN4O2S2/c1-15-4-2-5-18(12-15)29-23(31)14-22(24(29)32)34-25(27)30-20(16-7-9-17(26)10-8-16)13-19(28-30)21-6-3-11-33-21/h2-12,20,22,27H,13-14H2,1H3/t20-,22+/m1/s1. The number of amidine groups is 1. The number of imide groups is 1. The van der Waals surface area contributed by atoms with Crippen molar-refractivity contribution in [3.63, 3.8) is 0 Å². The zero-order valence-electron chi connectivity index (χ0n) is 18.3. The highest BCUT2D eigenvalue weighted by atomic mass is 79.9. The summed E-state index contributed by atoms with van der Waals surface area (Å²) in [6, 6.07) is 19.2. The maximum atomic E-state index is 13.1. The van der Waals surface area contributed by atoms with Gasteiger partial charge in [-0.25, -0.2) is 9.91 Å². The fourth-order valence-electron chi connectivity index (χ4n) is 4.16. The average molecular weight is 554 g/mol. The molecule has 1 saturated heterocycles. The number of nitrogens with zero attached hydrogens (tertiary/aromatic N) is 3. The van der Waals surface area contributed by atoms with E-state index in [0.29, 0.717) is 12.1 Å². The number of carbonyl (C=O) groups excluding carboxylic acids is 2. The highest BCUT2D eigenvalue weighted by molar-refractivity contribution is 9.10. The first-order chi connectivity index (χ1) is 16.4. The van der Waals surface area contributed by atoms with Crippen LogP contribution in [-0.2, 0) is 9.59 Å². The Morgan fingerprint density at radius 1 is 1.12 bits per heavy atom. The number of amides is 2. The second-order valence-corrected chi connectivity index (χ2v) is 11.2. The summed E-state index contributed by atoms with van der Waals surface area (Å²) in [5.74, 6) is -0.526. The van der Waals surface area contributed by atoms with Crippen LogP contribution in [0.25, 0.3) is 0 Å². The summed E-state index contributed by atoms with van der Waals surface area (Å²) in [5.41, 5.74) is 3.52. The maximum Gasteiger partial charge on any atom is 0.247 e. The molecule has 1 N–H and O–H groups in total. The number of benzene rings is 2. The molecule has 2 aliphatic rings. The first kappa shape index (κ1) is 23.0. The molecule has 2 aliphatic heterocycles. The second kappa shape index (κ2) is 9.48. The third-order valence-corrected chi connectivity index (χ3v) is 8.31. The Hall–Kier alpha value is -2.75. The molecule has 0 bridgehead atoms. The molecule has 2 amide bonds. The van der Waals surface area contributed by atoms with Gasteiger partial charge in [0.05, 0.1) is 22.3 Å². The third-order valence-electron chi connectivity index (χ3n) is 5.80. The molecule has 0 saturated carbocycles. The van der Waals surface area contributed by atoms with Gasteiger partial charge >= 0.3 is 0 Å². The Morgan fingerprint density at radius 3 is 2.62 bits per heavy atom. The van der Waals surface area contributed by atoms with Crippen LogP contribution in [0.3, 0.4) is 0 Å². The fourth-order valence-corrected chi connectivity index (χ4v) is 6.12. The Morgan fingerprint density at radius 2 is 1.91 bits per heavy atom. The van der Waals surface area contributed by atoms with Crippen molar-refractivity contribution in [3.8, 4) is 0 Å². The molecular formula is C25H21BrN4O2S2. The van der Waals surface area contributed by atoms with E-state index in [-0.39, 0.29) is 29.4 Å². The van der Waals surface area contributed by atoms with Gasteiger partial charge in [-0.3, -0.25) is 15.0 Å². The second-order valence-electron chi connectivity index (χ2n) is 8.16. The van der Waals surface area contributed by atoms with Crippen LogP contribution < -0.4 is 4.90 Å². The number of rotatable bonds is 4. The monoisotopic (exact) mass is 552 g/mol. The first-order valence-corrected chi connectivity index (χ1v) is 13.3. The van der Waals surface area contributed by atoms with Gasteiger partial charge in [-0.15, -0.1) is 11.3 Å². The predicted octanol–water partition coefficient (Wildman–Crippen LogP) is 5.97. The number of thiophene rings is 1. The smallest absolute Gasteiger partial charge is 0.247 e. The Bertz CT molecular complexity index is 1290. The molecule has 2 aromatic carbocycles. The summed E-state index contributed by atoms with van der Waals surface area (Å²) in [7, 11) is 0. The molecular weight excluding hydrogens is 532 g/mol. The predicted molar refractivity (Wildman–Crippen MR) is 142 cm³/mol. The number of nitrogens with one attached hydrogen (secondary N) is 1. The zero-order valence-corrected chi connectivity index (χ0v) is 21.5. The number of hydrogen-bond donors (Lipinski definition) is 1. The van der Waals surface area contributed by atoms with Crippen LogP contribution in [0, 0.1) is 12.3 Å². The Kier molecular flexibility index (Phi) is 6.42. The lowest BCUT2D eigenvalue weighted by atomic mass is 10.0. The SMILES string of the molecule is Cc1cccc(N2C(=O)C[C@H](SC(=N)N3N=C(c4cccs4)C[C@@H]3c3ccc(Br)cc3)C2=O)c1. The number of halogens is 1. The van der Waals surface area contributed by atoms with Gasteiger partial charge in [0.15, 0.2) is 5.17 Å². The molecule has 1 fully saturated rings. The molecule has 172 valence electrons.